The highest BCUT2D eigenvalue weighted by Gasteiger charge is 2.46. The van der Waals surface area contributed by atoms with Crippen LogP contribution in [0.3, 0.4) is 0 Å². The summed E-state index contributed by atoms with van der Waals surface area (Å²) in [6.45, 7) is 0.0338. The van der Waals surface area contributed by atoms with Gasteiger partial charge in [-0.2, -0.15) is 0 Å². The third-order valence-electron chi connectivity index (χ3n) is 7.99. The van der Waals surface area contributed by atoms with Crippen LogP contribution in [0.25, 0.3) is 11.0 Å². The van der Waals surface area contributed by atoms with Gasteiger partial charge in [-0.25, -0.2) is 4.98 Å². The predicted molar refractivity (Wildman–Crippen MR) is 166 cm³/mol. The number of nitrogen functional groups attached to an aromatic ring is 1. The van der Waals surface area contributed by atoms with Crippen molar-refractivity contribution in [2.24, 2.45) is 0 Å². The number of anilines is 1. The van der Waals surface area contributed by atoms with E-state index in [0.717, 1.165) is 22.2 Å². The topological polar surface area (TPSA) is 127 Å². The van der Waals surface area contributed by atoms with E-state index in [2.05, 4.69) is 4.98 Å². The third kappa shape index (κ3) is 5.66. The van der Waals surface area contributed by atoms with Gasteiger partial charge in [0.25, 0.3) is 0 Å². The molecule has 0 amide bonds. The molecule has 3 N–H and O–H groups in total. The van der Waals surface area contributed by atoms with Crippen LogP contribution in [0.15, 0.2) is 103 Å². The van der Waals surface area contributed by atoms with Crippen LogP contribution in [-0.2, 0) is 24.2 Å². The fraction of sp³-hybridized carbons (Fsp3) is 0.242. The van der Waals surface area contributed by atoms with Gasteiger partial charge in [-0.3, -0.25) is 0 Å². The normalized spacial score (nSPS) is 18.8. The Labute approximate surface area is 255 Å². The predicted octanol–water partition coefficient (Wildman–Crippen LogP) is 5.97. The summed E-state index contributed by atoms with van der Waals surface area (Å²) in [7, 11) is 0.350. The number of benzene rings is 4. The summed E-state index contributed by atoms with van der Waals surface area (Å²) < 4.78 is 43.6. The molecule has 0 saturated carbocycles. The monoisotopic (exact) mass is 614 g/mol. The van der Waals surface area contributed by atoms with E-state index in [-0.39, 0.29) is 6.61 Å². The Balaban J connectivity index is 1.40. The molecule has 44 heavy (non-hydrogen) atoms. The number of rotatable bonds is 11. The van der Waals surface area contributed by atoms with E-state index in [0.29, 0.717) is 29.1 Å². The molecule has 0 aliphatic carbocycles. The molecule has 1 unspecified atom stereocenters. The van der Waals surface area contributed by atoms with E-state index in [4.69, 9.17) is 29.2 Å². The molecular formula is C33H33N3O7P+. The van der Waals surface area contributed by atoms with E-state index >= 15 is 0 Å². The number of nitrogens with zero attached hydrogens (tertiary/aromatic N) is 2. The Morgan fingerprint density at radius 2 is 1.52 bits per heavy atom. The molecule has 1 aliphatic heterocycles. The standard InChI is InChI=1S/C33H32N3O7P/c1-39-25-15-11-23(12-16-25)33(22-7-4-3-5-8-22,24-13-17-26(40-2)18-14-24)41-20-30-29(43-44(37)38)19-31(42-30)36-21-35-32-27(34)9-6-10-28(32)36/h3-18,21,29-31H,19-20,34H2,1-2H3/p+1/t29-,30+,31+/m0/s1. The molecule has 1 saturated heterocycles. The number of hydrogen-bond acceptors (Lipinski definition) is 8. The number of para-hydroxylation sites is 1. The molecule has 1 aliphatic rings. The lowest BCUT2D eigenvalue weighted by Gasteiger charge is -2.37. The molecule has 10 nitrogen and oxygen atoms in total. The summed E-state index contributed by atoms with van der Waals surface area (Å²) in [5.74, 6) is 1.42. The lowest BCUT2D eigenvalue weighted by Crippen LogP contribution is -2.38. The van der Waals surface area contributed by atoms with E-state index in [1.807, 2.05) is 95.6 Å². The highest BCUT2D eigenvalue weighted by atomic mass is 31.1. The van der Waals surface area contributed by atoms with Gasteiger partial charge >= 0.3 is 8.25 Å². The second-order valence-electron chi connectivity index (χ2n) is 10.4. The van der Waals surface area contributed by atoms with E-state index in [1.54, 1.807) is 26.6 Å². The first kappa shape index (κ1) is 29.7. The summed E-state index contributed by atoms with van der Waals surface area (Å²) >= 11 is 0. The van der Waals surface area contributed by atoms with Crippen LogP contribution in [0, 0.1) is 0 Å². The van der Waals surface area contributed by atoms with Gasteiger partial charge in [0, 0.05) is 11.0 Å². The maximum atomic E-state index is 11.9. The fourth-order valence-corrected chi connectivity index (χ4v) is 6.29. The molecule has 0 radical (unpaired) electrons. The summed E-state index contributed by atoms with van der Waals surface area (Å²) in [6.07, 6.45) is 0.0211. The largest absolute Gasteiger partial charge is 0.695 e. The Morgan fingerprint density at radius 3 is 2.11 bits per heavy atom. The number of nitrogens with two attached hydrogens (primary N) is 1. The zero-order chi connectivity index (χ0) is 30.7. The van der Waals surface area contributed by atoms with E-state index in [1.165, 1.54) is 0 Å². The molecule has 1 fully saturated rings. The molecule has 0 spiro atoms. The third-order valence-corrected chi connectivity index (χ3v) is 8.44. The maximum absolute atomic E-state index is 11.9. The average molecular weight is 615 g/mol. The SMILES string of the molecule is COc1ccc(C(OC[C@H]2O[C@@H](n3cnc4c(N)cccc43)C[C@@H]2O[P+](=O)O)(c2ccccc2)c2ccc(OC)cc2)cc1. The van der Waals surface area contributed by atoms with Crippen LogP contribution in [0.5, 0.6) is 11.5 Å². The summed E-state index contributed by atoms with van der Waals surface area (Å²) in [4.78, 5) is 14.2. The highest BCUT2D eigenvalue weighted by Crippen LogP contribution is 2.44. The van der Waals surface area contributed by atoms with Crippen molar-refractivity contribution in [3.05, 3.63) is 120 Å². The van der Waals surface area contributed by atoms with Crippen LogP contribution >= 0.6 is 8.25 Å². The summed E-state index contributed by atoms with van der Waals surface area (Å²) in [5.41, 5.74) is 9.63. The van der Waals surface area contributed by atoms with Crippen molar-refractivity contribution in [3.8, 4) is 11.5 Å². The van der Waals surface area contributed by atoms with Gasteiger partial charge in [-0.1, -0.05) is 60.7 Å². The molecule has 1 aromatic heterocycles. The molecular weight excluding hydrogens is 581 g/mol. The Kier molecular flexibility index (Phi) is 8.61. The minimum absolute atomic E-state index is 0.0338. The van der Waals surface area contributed by atoms with Crippen molar-refractivity contribution in [1.82, 2.24) is 9.55 Å². The molecule has 11 heteroatoms. The van der Waals surface area contributed by atoms with Crippen molar-refractivity contribution in [3.63, 3.8) is 0 Å². The van der Waals surface area contributed by atoms with Gasteiger partial charge in [0.2, 0.25) is 0 Å². The van der Waals surface area contributed by atoms with Gasteiger partial charge in [0.05, 0.1) is 38.4 Å². The van der Waals surface area contributed by atoms with Gasteiger partial charge < -0.3 is 29.2 Å². The van der Waals surface area contributed by atoms with Crippen molar-refractivity contribution in [1.29, 1.82) is 0 Å². The molecule has 4 aromatic carbocycles. The summed E-state index contributed by atoms with van der Waals surface area (Å²) in [5, 5.41) is 0. The Morgan fingerprint density at radius 1 is 0.909 bits per heavy atom. The van der Waals surface area contributed by atoms with Crippen molar-refractivity contribution in [2.75, 3.05) is 26.6 Å². The molecule has 6 rings (SSSR count). The minimum Gasteiger partial charge on any atom is -0.497 e. The molecule has 226 valence electrons. The van der Waals surface area contributed by atoms with Crippen molar-refractivity contribution < 1.29 is 32.9 Å². The molecule has 5 aromatic rings. The van der Waals surface area contributed by atoms with Gasteiger partial charge in [-0.05, 0) is 53.1 Å². The van der Waals surface area contributed by atoms with Crippen LogP contribution in [0.1, 0.15) is 29.3 Å². The highest BCUT2D eigenvalue weighted by molar-refractivity contribution is 7.32. The Bertz CT molecular complexity index is 1680. The van der Waals surface area contributed by atoms with Gasteiger partial charge in [-0.15, -0.1) is 9.42 Å². The smallest absolute Gasteiger partial charge is 0.497 e. The fourth-order valence-electron chi connectivity index (χ4n) is 5.84. The van der Waals surface area contributed by atoms with E-state index < -0.39 is 32.3 Å². The van der Waals surface area contributed by atoms with Crippen LogP contribution in [-0.4, -0.2) is 47.5 Å². The number of ether oxygens (including phenoxy) is 4. The van der Waals surface area contributed by atoms with E-state index in [9.17, 15) is 9.46 Å². The molecule has 4 atom stereocenters. The second kappa shape index (κ2) is 12.7. The zero-order valence-electron chi connectivity index (χ0n) is 24.3. The van der Waals surface area contributed by atoms with Gasteiger partial charge in [0.1, 0.15) is 41.1 Å². The van der Waals surface area contributed by atoms with Crippen LogP contribution in [0.2, 0.25) is 0 Å². The summed E-state index contributed by atoms with van der Waals surface area (Å²) in [6, 6.07) is 30.8. The van der Waals surface area contributed by atoms with Gasteiger partial charge in [0.15, 0.2) is 0 Å². The Hall–Kier alpha value is -4.31. The quantitative estimate of drug-likeness (QED) is 0.105. The van der Waals surface area contributed by atoms with Crippen molar-refractivity contribution >= 4 is 25.0 Å². The molecule has 0 bridgehead atoms. The van der Waals surface area contributed by atoms with Crippen LogP contribution in [0.4, 0.5) is 5.69 Å². The average Bonchev–Trinajstić information content (AvgIpc) is 3.67. The maximum Gasteiger partial charge on any atom is 0.695 e. The molecule has 2 heterocycles. The number of imidazole rings is 1. The number of methoxy groups -OCH3 is 2. The second-order valence-corrected chi connectivity index (χ2v) is 11.1. The lowest BCUT2D eigenvalue weighted by molar-refractivity contribution is -0.0902. The number of hydrogen-bond donors (Lipinski definition) is 2. The first-order chi connectivity index (χ1) is 21.4. The number of fused-ring (bicyclic) bond motifs is 1. The first-order valence-corrected chi connectivity index (χ1v) is 15.2. The first-order valence-electron chi connectivity index (χ1n) is 14.1. The number of aromatic nitrogens is 2. The zero-order valence-corrected chi connectivity index (χ0v) is 25.2. The minimum atomic E-state index is -2.89. The van der Waals surface area contributed by atoms with Crippen LogP contribution < -0.4 is 15.2 Å². The van der Waals surface area contributed by atoms with Crippen molar-refractivity contribution in [2.45, 2.75) is 30.5 Å². The lowest BCUT2D eigenvalue weighted by atomic mass is 9.80.